The monoisotopic (exact) mass is 1060 g/mol. The molecule has 2 saturated carbocycles. The fourth-order valence-corrected chi connectivity index (χ4v) is 12.3. The summed E-state index contributed by atoms with van der Waals surface area (Å²) in [6, 6.07) is 34.7. The van der Waals surface area contributed by atoms with Crippen molar-refractivity contribution in [2.75, 3.05) is 0 Å². The number of aryl methyl sites for hydroxylation is 4. The molecule has 2 aliphatic carbocycles. The number of nitrogens with zero attached hydrogens (tertiary/aromatic N) is 8. The van der Waals surface area contributed by atoms with Crippen LogP contribution in [0.25, 0.3) is 66.4 Å². The van der Waals surface area contributed by atoms with Crippen LogP contribution in [0.3, 0.4) is 0 Å². The Balaban J connectivity index is 0.000000175. The smallest absolute Gasteiger partial charge is 0.248 e. The predicted octanol–water partition coefficient (Wildman–Crippen LogP) is 15.1. The Morgan fingerprint density at radius 1 is 0.526 bits per heavy atom. The van der Waals surface area contributed by atoms with Gasteiger partial charge >= 0.3 is 0 Å². The van der Waals surface area contributed by atoms with Crippen LogP contribution in [0.15, 0.2) is 134 Å². The topological polar surface area (TPSA) is 112 Å². The second kappa shape index (κ2) is 19.9. The zero-order chi connectivity index (χ0) is 60.1. The van der Waals surface area contributed by atoms with Gasteiger partial charge < -0.3 is 28.5 Å². The van der Waals surface area contributed by atoms with Crippen molar-refractivity contribution in [1.29, 1.82) is 0 Å². The van der Waals surface area contributed by atoms with E-state index in [2.05, 4.69) is 19.1 Å². The Bertz CT molecular complexity index is 3780. The van der Waals surface area contributed by atoms with Gasteiger partial charge in [-0.15, -0.1) is 0 Å². The van der Waals surface area contributed by atoms with E-state index in [4.69, 9.17) is 18.2 Å². The number of hydrogen-bond acceptors (Lipinski definition) is 6. The first kappa shape index (κ1) is 45.8. The fourth-order valence-electron chi connectivity index (χ4n) is 12.3. The Kier molecular flexibility index (Phi) is 11.7. The van der Waals surface area contributed by atoms with Crippen LogP contribution in [0.1, 0.15) is 133 Å². The van der Waals surface area contributed by atoms with Crippen LogP contribution in [0.5, 0.6) is 0 Å². The van der Waals surface area contributed by atoms with Gasteiger partial charge in [0.15, 0.2) is 0 Å². The largest absolute Gasteiger partial charge is 0.386 e. The highest BCUT2D eigenvalue weighted by atomic mass is 19.3. The highest BCUT2D eigenvalue weighted by Crippen LogP contribution is 2.49. The molecular formula is C64H68F4N8O2. The first-order valence-corrected chi connectivity index (χ1v) is 26.7. The summed E-state index contributed by atoms with van der Waals surface area (Å²) in [5, 5.41) is 23.6. The number of hydrogen-bond donors (Lipinski definition) is 2. The molecule has 0 radical (unpaired) electrons. The zero-order valence-corrected chi connectivity index (χ0v) is 44.7. The average molecular weight is 1060 g/mol. The molecule has 0 spiro atoms. The van der Waals surface area contributed by atoms with Gasteiger partial charge in [0.2, 0.25) is 11.8 Å². The highest BCUT2D eigenvalue weighted by Gasteiger charge is 2.41. The number of alkyl halides is 4. The van der Waals surface area contributed by atoms with Gasteiger partial charge in [0.1, 0.15) is 0 Å². The third-order valence-corrected chi connectivity index (χ3v) is 16.4. The third kappa shape index (κ3) is 9.91. The lowest BCUT2D eigenvalue weighted by atomic mass is 9.79. The molecule has 2 N–H and O–H groups in total. The van der Waals surface area contributed by atoms with E-state index in [1.165, 1.54) is 12.7 Å². The summed E-state index contributed by atoms with van der Waals surface area (Å²) in [6.07, 6.45) is 7.05. The molecule has 10 nitrogen and oxygen atoms in total. The molecule has 2 unspecified atom stereocenters. The number of pyridine rings is 2. The number of rotatable bonds is 10. The number of fused-ring (bicyclic) bond motifs is 6. The lowest BCUT2D eigenvalue weighted by molar-refractivity contribution is -0.0498. The van der Waals surface area contributed by atoms with Crippen molar-refractivity contribution in [2.45, 2.75) is 128 Å². The van der Waals surface area contributed by atoms with Gasteiger partial charge in [0.05, 0.1) is 91.8 Å². The van der Waals surface area contributed by atoms with Crippen LogP contribution in [-0.2, 0) is 25.3 Å². The number of imidazole rings is 2. The molecule has 0 saturated heterocycles. The van der Waals surface area contributed by atoms with Crippen molar-refractivity contribution in [3.8, 4) is 22.5 Å². The molecule has 2 fully saturated rings. The van der Waals surface area contributed by atoms with Crippen LogP contribution in [-0.4, -0.2) is 60.3 Å². The molecule has 78 heavy (non-hydrogen) atoms. The van der Waals surface area contributed by atoms with E-state index in [1.54, 1.807) is 63.3 Å². The Morgan fingerprint density at radius 2 is 0.897 bits per heavy atom. The minimum absolute atomic E-state index is 0.00718. The molecule has 404 valence electrons. The highest BCUT2D eigenvalue weighted by molar-refractivity contribution is 6.08. The molecule has 6 heterocycles. The average Bonchev–Trinajstić information content (AvgIpc) is 1.64. The minimum Gasteiger partial charge on any atom is -0.386 e. The molecular weight excluding hydrogens is 989 g/mol. The van der Waals surface area contributed by atoms with Gasteiger partial charge in [-0.2, -0.15) is 0 Å². The summed E-state index contributed by atoms with van der Waals surface area (Å²) in [4.78, 5) is 18.1. The molecule has 6 aromatic heterocycles. The summed E-state index contributed by atoms with van der Waals surface area (Å²) in [5.74, 6) is -5.50. The number of aromatic nitrogens is 8. The number of halogens is 4. The summed E-state index contributed by atoms with van der Waals surface area (Å²) in [6.45, 7) is 2.09. The maximum absolute atomic E-state index is 14.4. The van der Waals surface area contributed by atoms with E-state index < -0.39 is 36.8 Å². The van der Waals surface area contributed by atoms with Gasteiger partial charge in [-0.1, -0.05) is 84.9 Å². The van der Waals surface area contributed by atoms with Crippen molar-refractivity contribution >= 4 is 43.9 Å². The van der Waals surface area contributed by atoms with E-state index >= 15 is 0 Å². The minimum atomic E-state index is -2.67. The Labute approximate surface area is 460 Å². The summed E-state index contributed by atoms with van der Waals surface area (Å²) >= 11 is 0. The quantitative estimate of drug-likeness (QED) is 0.132. The third-order valence-electron chi connectivity index (χ3n) is 16.4. The maximum Gasteiger partial charge on any atom is 0.248 e. The van der Waals surface area contributed by atoms with E-state index in [0.29, 0.717) is 48.2 Å². The molecule has 0 aliphatic heterocycles. The fraction of sp³-hybridized carbons (Fsp3) is 0.375. The predicted molar refractivity (Wildman–Crippen MR) is 302 cm³/mol. The van der Waals surface area contributed by atoms with Crippen molar-refractivity contribution < 1.29 is 36.0 Å². The van der Waals surface area contributed by atoms with Crippen LogP contribution in [0.2, 0.25) is 0 Å². The van der Waals surface area contributed by atoms with Crippen molar-refractivity contribution in [2.24, 2.45) is 25.9 Å². The van der Waals surface area contributed by atoms with E-state index in [-0.39, 0.29) is 61.0 Å². The molecule has 14 heteroatoms. The van der Waals surface area contributed by atoms with Gasteiger partial charge in [-0.25, -0.2) is 27.5 Å². The lowest BCUT2D eigenvalue weighted by Crippen LogP contribution is -2.30. The van der Waals surface area contributed by atoms with E-state index in [0.717, 1.165) is 66.1 Å². The second-order valence-electron chi connectivity index (χ2n) is 22.7. The molecule has 10 aromatic rings. The first-order chi connectivity index (χ1) is 39.5. The molecule has 2 atom stereocenters. The van der Waals surface area contributed by atoms with E-state index in [9.17, 15) is 27.8 Å². The normalized spacial score (nSPS) is 18.7. The summed E-state index contributed by atoms with van der Waals surface area (Å²) in [7, 11) is 3.50. The van der Waals surface area contributed by atoms with Gasteiger partial charge in [0, 0.05) is 82.3 Å². The standard InChI is InChI=1S/2C32H34F2N4O/c2*1-20-29(37(4)19-36-20)23-16-27-28(35-18-23)25-11-10-24(31(2,3)39)17-26(25)38(27)30(21-8-6-5-7-9-21)22-12-14-32(33,34)15-13-22/h2*5-11,16-19,22,30,39H,12-15H2,1-4H3/i2*1D3. The SMILES string of the molecule is [2H]C([2H])([2H])c1ncn(C)c1-c1cnc2c3ccc(C(C)(C)O)cc3n(C(c3ccccc3)C3CCC(F)(F)CC3)c2c1.[2H]C([2H])([2H])c1ncn(C)c1-c1cnc2c3ccc(C(C)(C)O)cc3n(C(c3ccccc3)C3CCC(F)(F)CC3)c2c1. The van der Waals surface area contributed by atoms with Crippen molar-refractivity contribution in [1.82, 2.24) is 38.2 Å². The van der Waals surface area contributed by atoms with Crippen LogP contribution in [0, 0.1) is 25.5 Å². The second-order valence-corrected chi connectivity index (χ2v) is 22.7. The lowest BCUT2D eigenvalue weighted by Gasteiger charge is -2.36. The van der Waals surface area contributed by atoms with Crippen LogP contribution in [0.4, 0.5) is 17.6 Å². The zero-order valence-electron chi connectivity index (χ0n) is 50.7. The number of aliphatic hydroxyl groups is 2. The van der Waals surface area contributed by atoms with Gasteiger partial charge in [-0.05, 0) is 125 Å². The maximum atomic E-state index is 14.4. The summed E-state index contributed by atoms with van der Waals surface area (Å²) in [5.41, 5.74) is 7.94. The molecule has 12 rings (SSSR count). The Morgan fingerprint density at radius 3 is 1.24 bits per heavy atom. The Hall–Kier alpha value is -7.16. The first-order valence-electron chi connectivity index (χ1n) is 29.7. The molecule has 4 aromatic carbocycles. The van der Waals surface area contributed by atoms with Crippen LogP contribution < -0.4 is 0 Å². The van der Waals surface area contributed by atoms with Crippen LogP contribution >= 0.6 is 0 Å². The molecule has 0 bridgehead atoms. The van der Waals surface area contributed by atoms with E-state index in [1.807, 2.05) is 109 Å². The summed E-state index contributed by atoms with van der Waals surface area (Å²) < 4.78 is 113. The molecule has 0 amide bonds. The molecule has 2 aliphatic rings. The van der Waals surface area contributed by atoms with Crippen molar-refractivity contribution in [3.63, 3.8) is 0 Å². The van der Waals surface area contributed by atoms with Gasteiger partial charge in [-0.3, -0.25) is 9.97 Å². The van der Waals surface area contributed by atoms with Gasteiger partial charge in [0.25, 0.3) is 0 Å². The number of benzene rings is 4. The van der Waals surface area contributed by atoms with Crippen molar-refractivity contribution in [3.05, 3.63) is 168 Å².